The first-order valence-corrected chi connectivity index (χ1v) is 16.8. The minimum absolute atomic E-state index is 0.194. The third-order valence-electron chi connectivity index (χ3n) is 10.6. The molecule has 1 spiro atoms. The lowest BCUT2D eigenvalue weighted by Gasteiger charge is -2.36. The number of aromatic nitrogens is 1. The van der Waals surface area contributed by atoms with Crippen LogP contribution in [0, 0.1) is 0 Å². The molecule has 0 bridgehead atoms. The smallest absolute Gasteiger partial charge is 0.0547 e. The molecular weight excluding hydrogens is 551 g/mol. The fourth-order valence-corrected chi connectivity index (χ4v) is 9.77. The second-order valence-corrected chi connectivity index (χ2v) is 13.9. The third-order valence-corrected chi connectivity index (χ3v) is 11.7. The fraction of sp³-hybridized carbons (Fsp3) is 0.143. The molecule has 0 amide bonds. The van der Waals surface area contributed by atoms with Gasteiger partial charge in [0.2, 0.25) is 0 Å². The molecule has 44 heavy (non-hydrogen) atoms. The molecule has 10 rings (SSSR count). The van der Waals surface area contributed by atoms with Gasteiger partial charge in [0.15, 0.2) is 0 Å². The maximum absolute atomic E-state index is 2.58. The largest absolute Gasteiger partial charge is 0.309 e. The Bertz CT molecular complexity index is 2420. The molecule has 1 fully saturated rings. The number of rotatable bonds is 2. The van der Waals surface area contributed by atoms with Crippen molar-refractivity contribution in [2.75, 3.05) is 0 Å². The number of nitrogens with zero attached hydrogens (tertiary/aromatic N) is 1. The van der Waals surface area contributed by atoms with Gasteiger partial charge in [-0.25, -0.2) is 0 Å². The van der Waals surface area contributed by atoms with Crippen molar-refractivity contribution in [1.82, 2.24) is 4.57 Å². The van der Waals surface area contributed by atoms with Crippen molar-refractivity contribution in [3.05, 3.63) is 139 Å². The van der Waals surface area contributed by atoms with E-state index >= 15 is 0 Å². The zero-order valence-corrected chi connectivity index (χ0v) is 25.3. The average molecular weight is 582 g/mol. The number of hydrogen-bond donors (Lipinski definition) is 0. The van der Waals surface area contributed by atoms with Gasteiger partial charge < -0.3 is 4.57 Å². The number of fused-ring (bicyclic) bond motifs is 11. The van der Waals surface area contributed by atoms with Gasteiger partial charge in [-0.15, -0.1) is 11.3 Å². The summed E-state index contributed by atoms with van der Waals surface area (Å²) in [6, 6.07) is 48.0. The minimum atomic E-state index is 0.194. The first-order valence-electron chi connectivity index (χ1n) is 16.0. The van der Waals surface area contributed by atoms with Gasteiger partial charge >= 0.3 is 0 Å². The van der Waals surface area contributed by atoms with Crippen LogP contribution in [-0.4, -0.2) is 4.57 Å². The molecule has 0 atom stereocenters. The molecule has 1 saturated carbocycles. The van der Waals surface area contributed by atoms with E-state index in [1.165, 1.54) is 102 Å². The summed E-state index contributed by atoms with van der Waals surface area (Å²) in [5, 5.41) is 5.40. The van der Waals surface area contributed by atoms with Gasteiger partial charge in [-0.1, -0.05) is 104 Å². The van der Waals surface area contributed by atoms with Crippen molar-refractivity contribution in [2.45, 2.75) is 37.5 Å². The Kier molecular flexibility index (Phi) is 5.16. The van der Waals surface area contributed by atoms with Crippen molar-refractivity contribution in [2.24, 2.45) is 0 Å². The van der Waals surface area contributed by atoms with E-state index in [1.807, 2.05) is 11.3 Å². The highest BCUT2D eigenvalue weighted by molar-refractivity contribution is 7.25. The van der Waals surface area contributed by atoms with Crippen LogP contribution in [0.1, 0.15) is 43.2 Å². The van der Waals surface area contributed by atoms with Crippen molar-refractivity contribution in [1.29, 1.82) is 0 Å². The second kappa shape index (κ2) is 9.17. The molecular formula is C42H31NS. The minimum Gasteiger partial charge on any atom is -0.309 e. The van der Waals surface area contributed by atoms with Crippen LogP contribution in [0.5, 0.6) is 0 Å². The summed E-state index contributed by atoms with van der Waals surface area (Å²) in [5.74, 6) is 0. The highest BCUT2D eigenvalue weighted by atomic mass is 32.1. The normalized spacial score (nSPS) is 15.5. The fourth-order valence-electron chi connectivity index (χ4n) is 8.60. The van der Waals surface area contributed by atoms with E-state index in [0.29, 0.717) is 0 Å². The SMILES string of the molecule is c1ccc(-n2c3ccccc3c3ccc(-c4ccc5c(c4)sc4cc6c(cc45)C4(CCCCC4)c4ccccc4-6)cc32)cc1. The maximum atomic E-state index is 2.58. The summed E-state index contributed by atoms with van der Waals surface area (Å²) >= 11 is 1.95. The molecule has 2 aromatic heterocycles. The van der Waals surface area contributed by atoms with Gasteiger partial charge in [0.05, 0.1) is 11.0 Å². The van der Waals surface area contributed by atoms with Gasteiger partial charge in [-0.2, -0.15) is 0 Å². The van der Waals surface area contributed by atoms with Crippen LogP contribution in [0.2, 0.25) is 0 Å². The van der Waals surface area contributed by atoms with E-state index in [1.54, 1.807) is 11.1 Å². The Balaban J connectivity index is 1.15. The molecule has 0 saturated heterocycles. The zero-order chi connectivity index (χ0) is 28.8. The Morgan fingerprint density at radius 1 is 0.477 bits per heavy atom. The van der Waals surface area contributed by atoms with E-state index in [9.17, 15) is 0 Å². The van der Waals surface area contributed by atoms with Crippen LogP contribution in [-0.2, 0) is 5.41 Å². The Labute approximate surface area is 261 Å². The van der Waals surface area contributed by atoms with Crippen molar-refractivity contribution < 1.29 is 0 Å². The lowest BCUT2D eigenvalue weighted by molar-refractivity contribution is 0.353. The summed E-state index contributed by atoms with van der Waals surface area (Å²) in [7, 11) is 0. The Hall–Kier alpha value is -4.66. The molecule has 2 heterocycles. The Morgan fingerprint density at radius 2 is 1.18 bits per heavy atom. The van der Waals surface area contributed by atoms with E-state index in [-0.39, 0.29) is 5.41 Å². The highest BCUT2D eigenvalue weighted by Gasteiger charge is 2.43. The molecule has 8 aromatic rings. The van der Waals surface area contributed by atoms with Crippen molar-refractivity contribution in [3.63, 3.8) is 0 Å². The van der Waals surface area contributed by atoms with Gasteiger partial charge in [-0.05, 0) is 88.7 Å². The number of hydrogen-bond acceptors (Lipinski definition) is 1. The molecule has 0 unspecified atom stereocenters. The van der Waals surface area contributed by atoms with E-state index in [0.717, 1.165) is 0 Å². The molecule has 0 aliphatic heterocycles. The maximum Gasteiger partial charge on any atom is 0.0547 e. The summed E-state index contributed by atoms with van der Waals surface area (Å²) < 4.78 is 5.18. The van der Waals surface area contributed by atoms with Crippen LogP contribution in [0.3, 0.4) is 0 Å². The lowest BCUT2D eigenvalue weighted by Crippen LogP contribution is -2.27. The molecule has 210 valence electrons. The lowest BCUT2D eigenvalue weighted by atomic mass is 9.68. The van der Waals surface area contributed by atoms with Crippen LogP contribution in [0.25, 0.3) is 69.9 Å². The highest BCUT2D eigenvalue weighted by Crippen LogP contribution is 2.57. The van der Waals surface area contributed by atoms with E-state index < -0.39 is 0 Å². The second-order valence-electron chi connectivity index (χ2n) is 12.8. The first-order chi connectivity index (χ1) is 21.8. The van der Waals surface area contributed by atoms with Crippen LogP contribution < -0.4 is 0 Å². The zero-order valence-electron chi connectivity index (χ0n) is 24.5. The van der Waals surface area contributed by atoms with E-state index in [2.05, 4.69) is 132 Å². The molecule has 1 nitrogen and oxygen atoms in total. The average Bonchev–Trinajstić information content (AvgIpc) is 3.70. The van der Waals surface area contributed by atoms with Gasteiger partial charge in [0.1, 0.15) is 0 Å². The van der Waals surface area contributed by atoms with E-state index in [4.69, 9.17) is 0 Å². The summed E-state index contributed by atoms with van der Waals surface area (Å²) in [5.41, 5.74) is 12.5. The van der Waals surface area contributed by atoms with Crippen LogP contribution >= 0.6 is 11.3 Å². The van der Waals surface area contributed by atoms with Crippen LogP contribution in [0.15, 0.2) is 127 Å². The third kappa shape index (κ3) is 3.35. The number of benzene rings is 6. The molecule has 6 aromatic carbocycles. The number of para-hydroxylation sites is 2. The monoisotopic (exact) mass is 581 g/mol. The predicted molar refractivity (Wildman–Crippen MR) is 188 cm³/mol. The topological polar surface area (TPSA) is 4.93 Å². The molecule has 2 aliphatic carbocycles. The molecule has 0 N–H and O–H groups in total. The number of thiophene rings is 1. The van der Waals surface area contributed by atoms with Gasteiger partial charge in [0.25, 0.3) is 0 Å². The quantitative estimate of drug-likeness (QED) is 0.191. The molecule has 2 heteroatoms. The molecule has 0 radical (unpaired) electrons. The standard InChI is InChI=1S/C42H31NS/c1-3-11-29(12-4-1)43-38-16-8-6-14-31(38)32-19-17-27(23-39(32)43)28-18-20-33-35-25-37-34(26-41(35)44-40(33)24-28)30-13-5-7-15-36(30)42(37)21-9-2-10-22-42/h1,3-8,11-20,23-26H,2,9-10,21-22H2. The van der Waals surface area contributed by atoms with Crippen LogP contribution in [0.4, 0.5) is 0 Å². The molecule has 2 aliphatic rings. The summed E-state index contributed by atoms with van der Waals surface area (Å²) in [6.07, 6.45) is 6.57. The first kappa shape index (κ1) is 24.7. The van der Waals surface area contributed by atoms with Crippen molar-refractivity contribution in [3.8, 4) is 27.9 Å². The summed E-state index contributed by atoms with van der Waals surface area (Å²) in [6.45, 7) is 0. The van der Waals surface area contributed by atoms with Crippen molar-refractivity contribution >= 4 is 53.3 Å². The van der Waals surface area contributed by atoms with Gasteiger partial charge in [0, 0.05) is 42.0 Å². The summed E-state index contributed by atoms with van der Waals surface area (Å²) in [4.78, 5) is 0. The Morgan fingerprint density at radius 3 is 2.07 bits per heavy atom. The predicted octanol–water partition coefficient (Wildman–Crippen LogP) is 12.0. The van der Waals surface area contributed by atoms with Gasteiger partial charge in [-0.3, -0.25) is 0 Å².